The van der Waals surface area contributed by atoms with Crippen LogP contribution in [0.2, 0.25) is 5.02 Å². The van der Waals surface area contributed by atoms with Gasteiger partial charge in [0.1, 0.15) is 5.75 Å². The number of rotatable bonds is 7. The molecule has 30 heavy (non-hydrogen) atoms. The van der Waals surface area contributed by atoms with Gasteiger partial charge in [-0.25, -0.2) is 0 Å². The fourth-order valence-corrected chi connectivity index (χ4v) is 3.28. The monoisotopic (exact) mass is 428 g/mol. The van der Waals surface area contributed by atoms with Crippen molar-refractivity contribution in [3.05, 3.63) is 59.1 Å². The Hall–Kier alpha value is -3.03. The molecule has 3 rings (SSSR count). The van der Waals surface area contributed by atoms with E-state index >= 15 is 0 Å². The van der Waals surface area contributed by atoms with Crippen molar-refractivity contribution in [2.75, 3.05) is 50.1 Å². The first-order chi connectivity index (χ1) is 14.4. The van der Waals surface area contributed by atoms with Crippen molar-refractivity contribution in [1.82, 2.24) is 4.90 Å². The molecule has 2 amide bonds. The molecule has 0 aliphatic carbocycles. The number of primary amides is 1. The Balaban J connectivity index is 1.64. The van der Waals surface area contributed by atoms with Crippen LogP contribution < -0.4 is 20.7 Å². The highest BCUT2D eigenvalue weighted by molar-refractivity contribution is 6.31. The second kappa shape index (κ2) is 10.1. The molecule has 1 heterocycles. The van der Waals surface area contributed by atoms with Gasteiger partial charge in [-0.1, -0.05) is 23.7 Å². The molecule has 0 saturated carbocycles. The van der Waals surface area contributed by atoms with Crippen LogP contribution in [0.4, 0.5) is 11.4 Å². The summed E-state index contributed by atoms with van der Waals surface area (Å²) in [6, 6.07) is 12.5. The average Bonchev–Trinajstić information content (AvgIpc) is 2.72. The molecular weight excluding hydrogens is 404 g/mol. The van der Waals surface area contributed by atoms with E-state index in [2.05, 4.69) is 22.2 Å². The third-order valence-electron chi connectivity index (χ3n) is 4.75. The highest BCUT2D eigenvalue weighted by atomic mass is 35.5. The number of nitrogens with one attached hydrogen (secondary N) is 1. The Bertz CT molecular complexity index is 922. The number of halogens is 1. The van der Waals surface area contributed by atoms with Crippen LogP contribution in [0, 0.1) is 0 Å². The third-order valence-corrected chi connectivity index (χ3v) is 4.98. The predicted octanol–water partition coefficient (Wildman–Crippen LogP) is 2.61. The lowest BCUT2D eigenvalue weighted by Gasteiger charge is -2.35. The van der Waals surface area contributed by atoms with Gasteiger partial charge in [0.2, 0.25) is 5.91 Å². The minimum absolute atomic E-state index is 0.174. The number of piperazine rings is 1. The molecule has 0 bridgehead atoms. The van der Waals surface area contributed by atoms with Gasteiger partial charge in [-0.05, 0) is 49.0 Å². The number of amides is 2. The molecule has 1 aliphatic rings. The molecule has 0 atom stereocenters. The lowest BCUT2D eigenvalue weighted by atomic mass is 10.2. The minimum atomic E-state index is -0.535. The Labute approximate surface area is 181 Å². The molecule has 8 heteroatoms. The van der Waals surface area contributed by atoms with E-state index in [1.807, 2.05) is 12.1 Å². The maximum Gasteiger partial charge on any atom is 0.255 e. The number of nitrogens with two attached hydrogens (primary N) is 1. The highest BCUT2D eigenvalue weighted by Gasteiger charge is 2.18. The van der Waals surface area contributed by atoms with Crippen molar-refractivity contribution in [2.45, 2.75) is 0 Å². The fourth-order valence-electron chi connectivity index (χ4n) is 3.11. The Morgan fingerprint density at radius 3 is 2.50 bits per heavy atom. The molecule has 7 nitrogen and oxygen atoms in total. The van der Waals surface area contributed by atoms with Gasteiger partial charge in [0.05, 0.1) is 11.4 Å². The summed E-state index contributed by atoms with van der Waals surface area (Å²) in [4.78, 5) is 27.8. The van der Waals surface area contributed by atoms with Crippen molar-refractivity contribution < 1.29 is 14.3 Å². The molecule has 0 spiro atoms. The average molecular weight is 429 g/mol. The van der Waals surface area contributed by atoms with Crippen molar-refractivity contribution in [1.29, 1.82) is 0 Å². The van der Waals surface area contributed by atoms with Crippen LogP contribution in [0.25, 0.3) is 6.08 Å². The number of carbonyl (C=O) groups is 2. The summed E-state index contributed by atoms with van der Waals surface area (Å²) in [5.74, 6) is -0.250. The van der Waals surface area contributed by atoms with Gasteiger partial charge in [-0.2, -0.15) is 0 Å². The molecular formula is C22H25ClN4O3. The van der Waals surface area contributed by atoms with Gasteiger partial charge in [0.25, 0.3) is 5.91 Å². The summed E-state index contributed by atoms with van der Waals surface area (Å²) in [6.45, 7) is 3.54. The lowest BCUT2D eigenvalue weighted by Crippen LogP contribution is -2.44. The molecule has 0 unspecified atom stereocenters. The van der Waals surface area contributed by atoms with E-state index in [9.17, 15) is 9.59 Å². The minimum Gasteiger partial charge on any atom is -0.484 e. The second-order valence-electron chi connectivity index (χ2n) is 7.10. The van der Waals surface area contributed by atoms with Gasteiger partial charge in [-0.15, -0.1) is 0 Å². The number of hydrogen-bond acceptors (Lipinski definition) is 5. The maximum absolute atomic E-state index is 12.5. The number of benzene rings is 2. The van der Waals surface area contributed by atoms with Gasteiger partial charge < -0.3 is 25.6 Å². The quantitative estimate of drug-likeness (QED) is 0.662. The van der Waals surface area contributed by atoms with E-state index in [-0.39, 0.29) is 12.5 Å². The summed E-state index contributed by atoms with van der Waals surface area (Å²) >= 11 is 6.16. The van der Waals surface area contributed by atoms with Crippen LogP contribution >= 0.6 is 11.6 Å². The number of ether oxygens (including phenoxy) is 1. The van der Waals surface area contributed by atoms with E-state index in [0.29, 0.717) is 16.5 Å². The summed E-state index contributed by atoms with van der Waals surface area (Å²) in [6.07, 6.45) is 3.17. The maximum atomic E-state index is 12.5. The summed E-state index contributed by atoms with van der Waals surface area (Å²) in [5, 5.41) is 3.50. The van der Waals surface area contributed by atoms with Crippen LogP contribution in [0.15, 0.2) is 48.5 Å². The number of carbonyl (C=O) groups excluding carboxylic acids is 2. The molecule has 1 fully saturated rings. The van der Waals surface area contributed by atoms with Crippen molar-refractivity contribution in [3.8, 4) is 5.75 Å². The standard InChI is InChI=1S/C22H25ClN4O3/c1-26-10-12-27(13-11-26)20-8-5-17(23)14-19(20)25-22(29)9-4-16-2-6-18(7-3-16)30-15-21(24)28/h2-9,14H,10-13,15H2,1H3,(H2,24,28)(H,25,29)/b9-4+. The Kier molecular flexibility index (Phi) is 7.32. The predicted molar refractivity (Wildman–Crippen MR) is 120 cm³/mol. The summed E-state index contributed by atoms with van der Waals surface area (Å²) < 4.78 is 5.22. The first kappa shape index (κ1) is 21.7. The SMILES string of the molecule is CN1CCN(c2ccc(Cl)cc2NC(=O)/C=C/c2ccc(OCC(N)=O)cc2)CC1. The summed E-state index contributed by atoms with van der Waals surface area (Å²) in [5.41, 5.74) is 7.53. The highest BCUT2D eigenvalue weighted by Crippen LogP contribution is 2.30. The first-order valence-corrected chi connectivity index (χ1v) is 10.0. The molecule has 3 N–H and O–H groups in total. The fraction of sp³-hybridized carbons (Fsp3) is 0.273. The number of likely N-dealkylation sites (N-methyl/N-ethyl adjacent to an activating group) is 1. The normalized spacial score (nSPS) is 14.7. The zero-order valence-electron chi connectivity index (χ0n) is 16.8. The Morgan fingerprint density at radius 1 is 1.13 bits per heavy atom. The Morgan fingerprint density at radius 2 is 1.83 bits per heavy atom. The number of nitrogens with zero attached hydrogens (tertiary/aromatic N) is 2. The molecule has 0 radical (unpaired) electrons. The molecule has 1 saturated heterocycles. The zero-order valence-corrected chi connectivity index (χ0v) is 17.6. The van der Waals surface area contributed by atoms with Crippen molar-refractivity contribution >= 4 is 40.9 Å². The number of anilines is 2. The van der Waals surface area contributed by atoms with Gasteiger partial charge in [0.15, 0.2) is 6.61 Å². The molecule has 0 aromatic heterocycles. The second-order valence-corrected chi connectivity index (χ2v) is 7.53. The molecule has 2 aromatic rings. The topological polar surface area (TPSA) is 87.9 Å². The third kappa shape index (κ3) is 6.23. The van der Waals surface area contributed by atoms with Gasteiger partial charge in [-0.3, -0.25) is 9.59 Å². The van der Waals surface area contributed by atoms with Crippen LogP contribution in [0.3, 0.4) is 0 Å². The van der Waals surface area contributed by atoms with Crippen molar-refractivity contribution in [2.24, 2.45) is 5.73 Å². The first-order valence-electron chi connectivity index (χ1n) is 9.64. The van der Waals surface area contributed by atoms with E-state index in [4.69, 9.17) is 22.1 Å². The van der Waals surface area contributed by atoms with E-state index in [1.54, 1.807) is 36.4 Å². The summed E-state index contributed by atoms with van der Waals surface area (Å²) in [7, 11) is 2.10. The molecule has 2 aromatic carbocycles. The van der Waals surface area contributed by atoms with E-state index in [0.717, 1.165) is 37.4 Å². The van der Waals surface area contributed by atoms with Gasteiger partial charge >= 0.3 is 0 Å². The van der Waals surface area contributed by atoms with Crippen LogP contribution in [-0.2, 0) is 9.59 Å². The molecule has 158 valence electrons. The van der Waals surface area contributed by atoms with E-state index < -0.39 is 5.91 Å². The van der Waals surface area contributed by atoms with Crippen LogP contribution in [0.1, 0.15) is 5.56 Å². The lowest BCUT2D eigenvalue weighted by molar-refractivity contribution is -0.120. The zero-order chi connectivity index (χ0) is 21.5. The van der Waals surface area contributed by atoms with Gasteiger partial charge in [0, 0.05) is 37.3 Å². The van der Waals surface area contributed by atoms with Crippen molar-refractivity contribution in [3.63, 3.8) is 0 Å². The van der Waals surface area contributed by atoms with E-state index in [1.165, 1.54) is 6.08 Å². The van der Waals surface area contributed by atoms with Crippen LogP contribution in [-0.4, -0.2) is 56.5 Å². The largest absolute Gasteiger partial charge is 0.484 e. The van der Waals surface area contributed by atoms with Crippen LogP contribution in [0.5, 0.6) is 5.75 Å². The molecule has 1 aliphatic heterocycles. The smallest absolute Gasteiger partial charge is 0.255 e. The number of hydrogen-bond donors (Lipinski definition) is 2.